The van der Waals surface area contributed by atoms with Crippen LogP contribution in [0.2, 0.25) is 0 Å². The van der Waals surface area contributed by atoms with E-state index < -0.39 is 0 Å². The van der Waals surface area contributed by atoms with Gasteiger partial charge in [-0.25, -0.2) is 9.97 Å². The molecule has 4 nitrogen and oxygen atoms in total. The molecule has 3 aromatic rings. The molecule has 0 fully saturated rings. The highest BCUT2D eigenvalue weighted by atomic mass is 79.9. The number of aromatic nitrogens is 3. The fourth-order valence-corrected chi connectivity index (χ4v) is 2.46. The van der Waals surface area contributed by atoms with Crippen molar-refractivity contribution in [2.75, 3.05) is 5.32 Å². The van der Waals surface area contributed by atoms with Crippen LogP contribution >= 0.6 is 15.9 Å². The third-order valence-electron chi connectivity index (χ3n) is 3.06. The van der Waals surface area contributed by atoms with E-state index in [4.69, 9.17) is 0 Å². The Morgan fingerprint density at radius 2 is 2.21 bits per heavy atom. The minimum atomic E-state index is 0.746. The van der Waals surface area contributed by atoms with Crippen molar-refractivity contribution in [3.63, 3.8) is 0 Å². The van der Waals surface area contributed by atoms with Crippen LogP contribution in [0.15, 0.2) is 41.3 Å². The van der Waals surface area contributed by atoms with Gasteiger partial charge in [-0.2, -0.15) is 0 Å². The van der Waals surface area contributed by atoms with Crippen LogP contribution in [0.4, 0.5) is 5.69 Å². The average Bonchev–Trinajstić information content (AvgIpc) is 2.81. The van der Waals surface area contributed by atoms with Crippen LogP contribution in [-0.4, -0.2) is 15.0 Å². The smallest absolute Gasteiger partial charge is 0.137 e. The number of rotatable bonds is 3. The van der Waals surface area contributed by atoms with Gasteiger partial charge >= 0.3 is 0 Å². The summed E-state index contributed by atoms with van der Waals surface area (Å²) in [6.07, 6.45) is 3.78. The van der Waals surface area contributed by atoms with Crippen molar-refractivity contribution in [3.8, 4) is 0 Å². The van der Waals surface area contributed by atoms with Crippen LogP contribution in [0.25, 0.3) is 11.0 Å². The Morgan fingerprint density at radius 1 is 1.32 bits per heavy atom. The molecule has 0 amide bonds. The molecule has 3 aromatic heterocycles. The Hall–Kier alpha value is -1.88. The normalized spacial score (nSPS) is 10.8. The quantitative estimate of drug-likeness (QED) is 0.725. The number of anilines is 1. The molecular formula is C14H13BrN4. The number of hydrogen-bond acceptors (Lipinski definition) is 3. The largest absolute Gasteiger partial charge is 0.379 e. The van der Waals surface area contributed by atoms with E-state index in [0.29, 0.717) is 0 Å². The predicted octanol–water partition coefficient (Wildman–Crippen LogP) is 3.64. The van der Waals surface area contributed by atoms with Crippen LogP contribution in [0.3, 0.4) is 0 Å². The molecule has 0 radical (unpaired) electrons. The van der Waals surface area contributed by atoms with E-state index in [9.17, 15) is 0 Å². The summed E-state index contributed by atoms with van der Waals surface area (Å²) in [4.78, 5) is 11.8. The highest BCUT2D eigenvalue weighted by Crippen LogP contribution is 2.20. The second-order valence-electron chi connectivity index (χ2n) is 4.33. The molecule has 5 heteroatoms. The molecule has 0 aliphatic rings. The first-order valence-electron chi connectivity index (χ1n) is 6.02. The van der Waals surface area contributed by atoms with Gasteiger partial charge in [0.25, 0.3) is 0 Å². The molecule has 3 heterocycles. The van der Waals surface area contributed by atoms with Crippen LogP contribution in [0, 0.1) is 6.92 Å². The number of aromatic amines is 1. The molecule has 0 aliphatic heterocycles. The molecular weight excluding hydrogens is 304 g/mol. The maximum atomic E-state index is 4.37. The number of nitrogens with zero attached hydrogens (tertiary/aromatic N) is 2. The van der Waals surface area contributed by atoms with Crippen molar-refractivity contribution in [1.29, 1.82) is 0 Å². The Morgan fingerprint density at radius 3 is 3.05 bits per heavy atom. The number of H-pyrrole nitrogens is 1. The van der Waals surface area contributed by atoms with Gasteiger partial charge in [0.15, 0.2) is 0 Å². The maximum absolute atomic E-state index is 4.37. The summed E-state index contributed by atoms with van der Waals surface area (Å²) in [6.45, 7) is 2.74. The van der Waals surface area contributed by atoms with Crippen molar-refractivity contribution >= 4 is 32.7 Å². The average molecular weight is 317 g/mol. The summed E-state index contributed by atoms with van der Waals surface area (Å²) in [5.74, 6) is 0. The molecule has 19 heavy (non-hydrogen) atoms. The van der Waals surface area contributed by atoms with Gasteiger partial charge in [0, 0.05) is 24.3 Å². The number of nitrogens with one attached hydrogen (secondary N) is 2. The molecule has 0 spiro atoms. The lowest BCUT2D eigenvalue weighted by molar-refractivity contribution is 1.10. The zero-order chi connectivity index (χ0) is 13.2. The zero-order valence-electron chi connectivity index (χ0n) is 10.4. The fraction of sp³-hybridized carbons (Fsp3) is 0.143. The molecule has 0 saturated carbocycles. The Labute approximate surface area is 119 Å². The van der Waals surface area contributed by atoms with E-state index >= 15 is 0 Å². The number of pyridine rings is 2. The number of halogens is 1. The molecule has 96 valence electrons. The summed E-state index contributed by atoms with van der Waals surface area (Å²) in [5.41, 5.74) is 4.14. The summed E-state index contributed by atoms with van der Waals surface area (Å²) in [6, 6.07) is 7.99. The van der Waals surface area contributed by atoms with Crippen LogP contribution in [-0.2, 0) is 6.54 Å². The SMILES string of the molecule is Cc1nc(Br)ccc1NCc1c[nH]c2ncccc12. The van der Waals surface area contributed by atoms with Gasteiger partial charge in [0.1, 0.15) is 10.3 Å². The molecule has 0 bridgehead atoms. The second-order valence-corrected chi connectivity index (χ2v) is 5.15. The minimum Gasteiger partial charge on any atom is -0.379 e. The van der Waals surface area contributed by atoms with Crippen molar-refractivity contribution < 1.29 is 0 Å². The van der Waals surface area contributed by atoms with E-state index in [1.807, 2.05) is 31.3 Å². The van der Waals surface area contributed by atoms with Crippen LogP contribution in [0.1, 0.15) is 11.3 Å². The van der Waals surface area contributed by atoms with E-state index in [-0.39, 0.29) is 0 Å². The first kappa shape index (κ1) is 12.2. The third-order valence-corrected chi connectivity index (χ3v) is 3.50. The molecule has 0 aromatic carbocycles. The van der Waals surface area contributed by atoms with Gasteiger partial charge in [-0.05, 0) is 52.7 Å². The Balaban J connectivity index is 1.82. The summed E-state index contributed by atoms with van der Waals surface area (Å²) >= 11 is 3.37. The van der Waals surface area contributed by atoms with Gasteiger partial charge in [0.2, 0.25) is 0 Å². The zero-order valence-corrected chi connectivity index (χ0v) is 12.0. The van der Waals surface area contributed by atoms with Crippen LogP contribution < -0.4 is 5.32 Å². The molecule has 2 N–H and O–H groups in total. The van der Waals surface area contributed by atoms with Crippen molar-refractivity contribution in [2.45, 2.75) is 13.5 Å². The number of fused-ring (bicyclic) bond motifs is 1. The second kappa shape index (κ2) is 5.01. The summed E-state index contributed by atoms with van der Waals surface area (Å²) < 4.78 is 0.854. The van der Waals surface area contributed by atoms with Gasteiger partial charge in [0.05, 0.1) is 11.4 Å². The van der Waals surface area contributed by atoms with Gasteiger partial charge in [-0.15, -0.1) is 0 Å². The van der Waals surface area contributed by atoms with E-state index in [0.717, 1.165) is 33.6 Å². The van der Waals surface area contributed by atoms with Crippen molar-refractivity contribution in [1.82, 2.24) is 15.0 Å². The highest BCUT2D eigenvalue weighted by Gasteiger charge is 2.05. The molecule has 0 aliphatic carbocycles. The van der Waals surface area contributed by atoms with Crippen LogP contribution in [0.5, 0.6) is 0 Å². The number of aryl methyl sites for hydroxylation is 1. The van der Waals surface area contributed by atoms with Gasteiger partial charge in [-0.1, -0.05) is 0 Å². The third kappa shape index (κ3) is 2.46. The topological polar surface area (TPSA) is 53.6 Å². The lowest BCUT2D eigenvalue weighted by atomic mass is 10.2. The first-order chi connectivity index (χ1) is 9.24. The Kier molecular flexibility index (Phi) is 3.21. The van der Waals surface area contributed by atoms with Gasteiger partial charge in [-0.3, -0.25) is 0 Å². The van der Waals surface area contributed by atoms with Gasteiger partial charge < -0.3 is 10.3 Å². The molecule has 0 unspecified atom stereocenters. The van der Waals surface area contributed by atoms with Crippen molar-refractivity contribution in [3.05, 3.63) is 52.5 Å². The van der Waals surface area contributed by atoms with Crippen molar-refractivity contribution in [2.24, 2.45) is 0 Å². The summed E-state index contributed by atoms with van der Waals surface area (Å²) in [5, 5.41) is 4.55. The maximum Gasteiger partial charge on any atom is 0.137 e. The number of hydrogen-bond donors (Lipinski definition) is 2. The first-order valence-corrected chi connectivity index (χ1v) is 6.81. The van der Waals surface area contributed by atoms with E-state index in [1.54, 1.807) is 6.20 Å². The molecule has 3 rings (SSSR count). The van der Waals surface area contributed by atoms with E-state index in [1.165, 1.54) is 5.56 Å². The molecule has 0 saturated heterocycles. The Bertz CT molecular complexity index is 720. The highest BCUT2D eigenvalue weighted by molar-refractivity contribution is 9.10. The lowest BCUT2D eigenvalue weighted by Gasteiger charge is -2.08. The molecule has 0 atom stereocenters. The standard InChI is InChI=1S/C14H13BrN4/c1-9-12(4-5-13(15)19-9)17-7-10-8-18-14-11(10)3-2-6-16-14/h2-6,8,17H,7H2,1H3,(H,16,18). The summed E-state index contributed by atoms with van der Waals surface area (Å²) in [7, 11) is 0. The monoisotopic (exact) mass is 316 g/mol. The minimum absolute atomic E-state index is 0.746. The predicted molar refractivity (Wildman–Crippen MR) is 80.1 cm³/mol. The van der Waals surface area contributed by atoms with E-state index in [2.05, 4.69) is 42.3 Å². The fourth-order valence-electron chi connectivity index (χ4n) is 2.07. The lowest BCUT2D eigenvalue weighted by Crippen LogP contribution is -2.01.